The number of aromatic nitrogens is 4. The van der Waals surface area contributed by atoms with Gasteiger partial charge in [0.25, 0.3) is 0 Å². The van der Waals surface area contributed by atoms with Gasteiger partial charge >= 0.3 is 0 Å². The molecular weight excluding hydrogens is 398 g/mol. The van der Waals surface area contributed by atoms with Crippen LogP contribution in [0.15, 0.2) is 36.4 Å². The molecule has 2 aromatic carbocycles. The molecule has 2 aliphatic rings. The van der Waals surface area contributed by atoms with Gasteiger partial charge in [-0.1, -0.05) is 12.1 Å². The topological polar surface area (TPSA) is 103 Å². The van der Waals surface area contributed by atoms with Gasteiger partial charge in [-0.25, -0.2) is 4.98 Å². The molecule has 2 aliphatic heterocycles. The number of aromatic amines is 1. The number of anilines is 1. The molecule has 0 radical (unpaired) electrons. The number of amides is 1. The first-order valence-electron chi connectivity index (χ1n) is 9.94. The van der Waals surface area contributed by atoms with Crippen LogP contribution in [0.2, 0.25) is 0 Å². The van der Waals surface area contributed by atoms with Crippen LogP contribution in [0, 0.1) is 6.92 Å². The molecule has 4 heterocycles. The van der Waals surface area contributed by atoms with Crippen molar-refractivity contribution in [2.45, 2.75) is 19.3 Å². The van der Waals surface area contributed by atoms with Crippen molar-refractivity contribution in [3.63, 3.8) is 0 Å². The van der Waals surface area contributed by atoms with Crippen LogP contribution in [0.3, 0.4) is 0 Å². The second-order valence-corrected chi connectivity index (χ2v) is 7.60. The quantitative estimate of drug-likeness (QED) is 0.530. The molecule has 156 valence electrons. The maximum atomic E-state index is 12.7. The highest BCUT2D eigenvalue weighted by molar-refractivity contribution is 5.95. The van der Waals surface area contributed by atoms with E-state index in [1.807, 2.05) is 43.3 Å². The van der Waals surface area contributed by atoms with E-state index in [9.17, 15) is 4.79 Å². The Bertz CT molecular complexity index is 1320. The van der Waals surface area contributed by atoms with Crippen LogP contribution in [0.4, 0.5) is 5.82 Å². The van der Waals surface area contributed by atoms with Gasteiger partial charge in [0, 0.05) is 17.9 Å². The first kappa shape index (κ1) is 17.8. The van der Waals surface area contributed by atoms with E-state index in [4.69, 9.17) is 19.3 Å². The number of nitrogens with zero attached hydrogens (tertiary/aromatic N) is 3. The Balaban J connectivity index is 1.51. The Morgan fingerprint density at radius 3 is 2.94 bits per heavy atom. The molecule has 2 N–H and O–H groups in total. The number of carbonyl (C=O) groups excluding carboxylic acids is 1. The van der Waals surface area contributed by atoms with Crippen molar-refractivity contribution >= 4 is 22.8 Å². The summed E-state index contributed by atoms with van der Waals surface area (Å²) in [5, 5.41) is 7.69. The highest BCUT2D eigenvalue weighted by atomic mass is 16.7. The number of para-hydroxylation sites is 2. The summed E-state index contributed by atoms with van der Waals surface area (Å²) in [7, 11) is 1.59. The number of ether oxygens (including phenoxy) is 3. The van der Waals surface area contributed by atoms with Crippen LogP contribution in [0.1, 0.15) is 29.2 Å². The Morgan fingerprint density at radius 1 is 1.23 bits per heavy atom. The number of hydrogen-bond acceptors (Lipinski definition) is 6. The van der Waals surface area contributed by atoms with Gasteiger partial charge in [-0.3, -0.25) is 4.79 Å². The fourth-order valence-electron chi connectivity index (χ4n) is 4.38. The van der Waals surface area contributed by atoms with Crippen molar-refractivity contribution in [1.82, 2.24) is 19.7 Å². The first-order valence-corrected chi connectivity index (χ1v) is 9.94. The largest absolute Gasteiger partial charge is 0.493 e. The summed E-state index contributed by atoms with van der Waals surface area (Å²) >= 11 is 0. The summed E-state index contributed by atoms with van der Waals surface area (Å²) in [6.45, 7) is 2.08. The molecule has 0 saturated heterocycles. The highest BCUT2D eigenvalue weighted by Gasteiger charge is 2.35. The van der Waals surface area contributed by atoms with Gasteiger partial charge in [0.2, 0.25) is 24.4 Å². The van der Waals surface area contributed by atoms with E-state index in [1.165, 1.54) is 0 Å². The van der Waals surface area contributed by atoms with E-state index in [1.54, 1.807) is 11.8 Å². The molecule has 0 aliphatic carbocycles. The second kappa shape index (κ2) is 6.49. The zero-order valence-electron chi connectivity index (χ0n) is 16.9. The summed E-state index contributed by atoms with van der Waals surface area (Å²) in [5.74, 6) is 2.66. The Kier molecular flexibility index (Phi) is 3.73. The monoisotopic (exact) mass is 417 g/mol. The average Bonchev–Trinajstić information content (AvgIpc) is 3.49. The van der Waals surface area contributed by atoms with Gasteiger partial charge in [-0.2, -0.15) is 9.78 Å². The van der Waals surface area contributed by atoms with Crippen LogP contribution in [-0.2, 0) is 4.79 Å². The summed E-state index contributed by atoms with van der Waals surface area (Å²) in [4.78, 5) is 20.6. The molecule has 0 bridgehead atoms. The third kappa shape index (κ3) is 2.66. The number of carbonyl (C=O) groups is 1. The van der Waals surface area contributed by atoms with Gasteiger partial charge in [-0.15, -0.1) is 0 Å². The van der Waals surface area contributed by atoms with Crippen LogP contribution in [0.25, 0.3) is 17.0 Å². The molecule has 4 aromatic rings. The summed E-state index contributed by atoms with van der Waals surface area (Å²) in [5.41, 5.74) is 4.40. The third-order valence-electron chi connectivity index (χ3n) is 5.76. The van der Waals surface area contributed by atoms with Crippen LogP contribution in [-0.4, -0.2) is 39.6 Å². The van der Waals surface area contributed by atoms with Crippen LogP contribution >= 0.6 is 0 Å². The fraction of sp³-hybridized carbons (Fsp3) is 0.227. The number of H-pyrrole nitrogens is 1. The van der Waals surface area contributed by atoms with Gasteiger partial charge in [0.15, 0.2) is 11.5 Å². The zero-order valence-corrected chi connectivity index (χ0v) is 16.9. The summed E-state index contributed by atoms with van der Waals surface area (Å²) < 4.78 is 18.3. The molecule has 2 aromatic heterocycles. The summed E-state index contributed by atoms with van der Waals surface area (Å²) in [6, 6.07) is 11.6. The number of nitrogens with one attached hydrogen (secondary N) is 2. The highest BCUT2D eigenvalue weighted by Crippen LogP contribution is 2.47. The number of hydrogen-bond donors (Lipinski definition) is 2. The lowest BCUT2D eigenvalue weighted by atomic mass is 9.85. The lowest BCUT2D eigenvalue weighted by molar-refractivity contribution is -0.116. The molecule has 1 amide bonds. The van der Waals surface area contributed by atoms with Crippen LogP contribution < -0.4 is 19.5 Å². The minimum absolute atomic E-state index is 0.0913. The van der Waals surface area contributed by atoms with E-state index in [-0.39, 0.29) is 18.6 Å². The molecule has 0 spiro atoms. The van der Waals surface area contributed by atoms with Crippen LogP contribution in [0.5, 0.6) is 17.2 Å². The molecule has 6 rings (SSSR count). The molecular formula is C22H19N5O4. The fourth-order valence-corrected chi connectivity index (χ4v) is 4.38. The maximum absolute atomic E-state index is 12.7. The van der Waals surface area contributed by atoms with E-state index >= 15 is 0 Å². The number of methoxy groups -OCH3 is 1. The van der Waals surface area contributed by atoms with E-state index in [0.29, 0.717) is 35.4 Å². The molecule has 1 unspecified atom stereocenters. The van der Waals surface area contributed by atoms with Crippen molar-refractivity contribution in [2.24, 2.45) is 0 Å². The number of fused-ring (bicyclic) bond motifs is 3. The van der Waals surface area contributed by atoms with E-state index < -0.39 is 0 Å². The minimum Gasteiger partial charge on any atom is -0.493 e. The average molecular weight is 417 g/mol. The van der Waals surface area contributed by atoms with Crippen molar-refractivity contribution in [3.05, 3.63) is 53.2 Å². The standard InChI is InChI=1S/C22H19N5O4/c1-11-19-13(12-7-16(29-2)20-17(8-12)30-10-31-20)9-18(28)25-21(19)27(26-11)22-23-14-5-3-4-6-15(14)24-22/h3-8,13H,9-10H2,1-2H3,(H,23,24)(H,25,28). The van der Waals surface area contributed by atoms with Crippen molar-refractivity contribution in [3.8, 4) is 23.2 Å². The summed E-state index contributed by atoms with van der Waals surface area (Å²) in [6.07, 6.45) is 0.294. The Hall–Kier alpha value is -4.01. The normalized spacial score (nSPS) is 17.0. The Morgan fingerprint density at radius 2 is 2.10 bits per heavy atom. The zero-order chi connectivity index (χ0) is 21.1. The number of aryl methyl sites for hydroxylation is 1. The molecule has 0 fully saturated rings. The lowest BCUT2D eigenvalue weighted by Crippen LogP contribution is -2.25. The molecule has 9 heteroatoms. The molecule has 1 atom stereocenters. The van der Waals surface area contributed by atoms with Gasteiger partial charge in [0.05, 0.1) is 23.8 Å². The maximum Gasteiger partial charge on any atom is 0.231 e. The van der Waals surface area contributed by atoms with Gasteiger partial charge in [-0.05, 0) is 36.8 Å². The van der Waals surface area contributed by atoms with E-state index in [2.05, 4.69) is 15.3 Å². The third-order valence-corrected chi connectivity index (χ3v) is 5.76. The smallest absolute Gasteiger partial charge is 0.231 e. The van der Waals surface area contributed by atoms with Gasteiger partial charge < -0.3 is 24.5 Å². The number of benzene rings is 2. The second-order valence-electron chi connectivity index (χ2n) is 7.60. The Labute approximate surface area is 176 Å². The molecule has 31 heavy (non-hydrogen) atoms. The predicted molar refractivity (Wildman–Crippen MR) is 112 cm³/mol. The van der Waals surface area contributed by atoms with Crippen molar-refractivity contribution < 1.29 is 19.0 Å². The SMILES string of the molecule is COc1cc(C2CC(=O)Nc3c2c(C)nn3-c2nc3ccccc3[nH]2)cc2c1OCO2. The van der Waals surface area contributed by atoms with E-state index in [0.717, 1.165) is 27.9 Å². The molecule has 9 nitrogen and oxygen atoms in total. The minimum atomic E-state index is -0.203. The van der Waals surface area contributed by atoms with Crippen molar-refractivity contribution in [1.29, 1.82) is 0 Å². The predicted octanol–water partition coefficient (Wildman–Crippen LogP) is 3.27. The number of rotatable bonds is 3. The first-order chi connectivity index (χ1) is 15.1. The number of imidazole rings is 1. The van der Waals surface area contributed by atoms with Crippen molar-refractivity contribution in [2.75, 3.05) is 19.2 Å². The lowest BCUT2D eigenvalue weighted by Gasteiger charge is -2.24. The molecule has 0 saturated carbocycles. The van der Waals surface area contributed by atoms with Gasteiger partial charge in [0.1, 0.15) is 5.82 Å².